The standard InChI is InChI=1S/C14H12BrNO/c15-13-8-6-11(7-9-13)10-14(16-17)12-4-2-1-3-5-12/h1-9,17H,10H2. The predicted molar refractivity (Wildman–Crippen MR) is 72.6 cm³/mol. The first-order valence-electron chi connectivity index (χ1n) is 5.30. The van der Waals surface area contributed by atoms with Crippen LogP contribution in [0.4, 0.5) is 0 Å². The summed E-state index contributed by atoms with van der Waals surface area (Å²) in [5.74, 6) is 0. The van der Waals surface area contributed by atoms with Crippen molar-refractivity contribution in [3.63, 3.8) is 0 Å². The molecule has 0 heterocycles. The van der Waals surface area contributed by atoms with Crippen molar-refractivity contribution in [3.8, 4) is 0 Å². The Labute approximate surface area is 109 Å². The van der Waals surface area contributed by atoms with Crippen LogP contribution < -0.4 is 0 Å². The van der Waals surface area contributed by atoms with Gasteiger partial charge in [-0.1, -0.05) is 63.6 Å². The lowest BCUT2D eigenvalue weighted by molar-refractivity contribution is 0.318. The van der Waals surface area contributed by atoms with Gasteiger partial charge in [0, 0.05) is 10.9 Å². The second-order valence-corrected chi connectivity index (χ2v) is 4.63. The first kappa shape index (κ1) is 11.9. The Morgan fingerprint density at radius 2 is 1.65 bits per heavy atom. The largest absolute Gasteiger partial charge is 0.411 e. The molecule has 0 amide bonds. The molecule has 0 saturated heterocycles. The summed E-state index contributed by atoms with van der Waals surface area (Å²) in [5, 5.41) is 12.5. The SMILES string of the molecule is ON=C(Cc1ccc(Br)cc1)c1ccccc1. The van der Waals surface area contributed by atoms with Crippen LogP contribution >= 0.6 is 15.9 Å². The summed E-state index contributed by atoms with van der Waals surface area (Å²) in [7, 11) is 0. The van der Waals surface area contributed by atoms with E-state index < -0.39 is 0 Å². The van der Waals surface area contributed by atoms with Crippen molar-refractivity contribution >= 4 is 21.6 Å². The molecule has 0 aliphatic heterocycles. The fourth-order valence-electron chi connectivity index (χ4n) is 1.62. The molecule has 2 aromatic carbocycles. The minimum absolute atomic E-state index is 0.619. The first-order valence-corrected chi connectivity index (χ1v) is 6.09. The van der Waals surface area contributed by atoms with Gasteiger partial charge in [0.25, 0.3) is 0 Å². The summed E-state index contributed by atoms with van der Waals surface area (Å²) in [6, 6.07) is 17.7. The van der Waals surface area contributed by atoms with Crippen molar-refractivity contribution in [1.29, 1.82) is 0 Å². The first-order chi connectivity index (χ1) is 8.29. The summed E-state index contributed by atoms with van der Waals surface area (Å²) in [6.45, 7) is 0. The van der Waals surface area contributed by atoms with Crippen LogP contribution in [0, 0.1) is 0 Å². The number of hydrogen-bond acceptors (Lipinski definition) is 2. The lowest BCUT2D eigenvalue weighted by atomic mass is 10.0. The molecule has 0 spiro atoms. The molecule has 3 heteroatoms. The van der Waals surface area contributed by atoms with Gasteiger partial charge >= 0.3 is 0 Å². The molecular weight excluding hydrogens is 278 g/mol. The van der Waals surface area contributed by atoms with E-state index in [-0.39, 0.29) is 0 Å². The van der Waals surface area contributed by atoms with Crippen LogP contribution in [-0.4, -0.2) is 10.9 Å². The molecule has 0 saturated carbocycles. The van der Waals surface area contributed by atoms with Crippen molar-refractivity contribution in [1.82, 2.24) is 0 Å². The molecule has 0 aliphatic carbocycles. The average molecular weight is 290 g/mol. The van der Waals surface area contributed by atoms with E-state index in [1.54, 1.807) is 0 Å². The van der Waals surface area contributed by atoms with Gasteiger partial charge in [0.15, 0.2) is 0 Å². The van der Waals surface area contributed by atoms with Crippen LogP contribution in [0.15, 0.2) is 64.2 Å². The summed E-state index contributed by atoms with van der Waals surface area (Å²) in [5.41, 5.74) is 2.73. The number of benzene rings is 2. The normalized spacial score (nSPS) is 11.5. The molecule has 2 nitrogen and oxygen atoms in total. The summed E-state index contributed by atoms with van der Waals surface area (Å²) in [4.78, 5) is 0. The molecule has 2 aromatic rings. The highest BCUT2D eigenvalue weighted by molar-refractivity contribution is 9.10. The van der Waals surface area contributed by atoms with Gasteiger partial charge in [-0.25, -0.2) is 0 Å². The lowest BCUT2D eigenvalue weighted by Crippen LogP contribution is -2.05. The van der Waals surface area contributed by atoms with E-state index in [4.69, 9.17) is 5.21 Å². The van der Waals surface area contributed by atoms with E-state index in [0.29, 0.717) is 12.1 Å². The van der Waals surface area contributed by atoms with Gasteiger partial charge in [-0.3, -0.25) is 0 Å². The molecule has 0 bridgehead atoms. The van der Waals surface area contributed by atoms with Crippen molar-refractivity contribution in [2.24, 2.45) is 5.16 Å². The molecular formula is C14H12BrNO. The van der Waals surface area contributed by atoms with E-state index in [1.807, 2.05) is 54.6 Å². The Morgan fingerprint density at radius 1 is 1.00 bits per heavy atom. The third kappa shape index (κ3) is 3.17. The van der Waals surface area contributed by atoms with Crippen LogP contribution in [0.3, 0.4) is 0 Å². The number of nitrogens with zero attached hydrogens (tertiary/aromatic N) is 1. The topological polar surface area (TPSA) is 32.6 Å². The van der Waals surface area contributed by atoms with E-state index >= 15 is 0 Å². The van der Waals surface area contributed by atoms with Gasteiger partial charge in [-0.2, -0.15) is 0 Å². The summed E-state index contributed by atoms with van der Waals surface area (Å²) >= 11 is 3.39. The Balaban J connectivity index is 2.19. The third-order valence-electron chi connectivity index (χ3n) is 2.51. The van der Waals surface area contributed by atoms with Gasteiger partial charge in [0.2, 0.25) is 0 Å². The molecule has 0 unspecified atom stereocenters. The van der Waals surface area contributed by atoms with Gasteiger partial charge in [-0.15, -0.1) is 0 Å². The highest BCUT2D eigenvalue weighted by Crippen LogP contribution is 2.13. The maximum Gasteiger partial charge on any atom is 0.0911 e. The van der Waals surface area contributed by atoms with Crippen molar-refractivity contribution in [2.45, 2.75) is 6.42 Å². The fourth-order valence-corrected chi connectivity index (χ4v) is 1.89. The number of hydrogen-bond donors (Lipinski definition) is 1. The zero-order valence-corrected chi connectivity index (χ0v) is 10.8. The van der Waals surface area contributed by atoms with Gasteiger partial charge < -0.3 is 5.21 Å². The van der Waals surface area contributed by atoms with Crippen molar-refractivity contribution in [2.75, 3.05) is 0 Å². The zero-order chi connectivity index (χ0) is 12.1. The quantitative estimate of drug-likeness (QED) is 0.519. The molecule has 0 aliphatic rings. The second-order valence-electron chi connectivity index (χ2n) is 3.72. The average Bonchev–Trinajstić information content (AvgIpc) is 2.39. The van der Waals surface area contributed by atoms with Crippen LogP contribution in [0.25, 0.3) is 0 Å². The minimum atomic E-state index is 0.619. The molecule has 0 atom stereocenters. The molecule has 2 rings (SSSR count). The maximum atomic E-state index is 9.07. The number of rotatable bonds is 3. The van der Waals surface area contributed by atoms with E-state index in [1.165, 1.54) is 0 Å². The van der Waals surface area contributed by atoms with Crippen LogP contribution in [-0.2, 0) is 6.42 Å². The summed E-state index contributed by atoms with van der Waals surface area (Å²) in [6.07, 6.45) is 0.619. The van der Waals surface area contributed by atoms with E-state index in [2.05, 4.69) is 21.1 Å². The van der Waals surface area contributed by atoms with E-state index in [0.717, 1.165) is 15.6 Å². The monoisotopic (exact) mass is 289 g/mol. The van der Waals surface area contributed by atoms with Crippen LogP contribution in [0.1, 0.15) is 11.1 Å². The molecule has 17 heavy (non-hydrogen) atoms. The minimum Gasteiger partial charge on any atom is -0.411 e. The fraction of sp³-hybridized carbons (Fsp3) is 0.0714. The smallest absolute Gasteiger partial charge is 0.0911 e. The molecule has 0 radical (unpaired) electrons. The number of oxime groups is 1. The Bertz CT molecular complexity index is 506. The van der Waals surface area contributed by atoms with Crippen molar-refractivity contribution < 1.29 is 5.21 Å². The van der Waals surface area contributed by atoms with Crippen molar-refractivity contribution in [3.05, 3.63) is 70.2 Å². The molecule has 1 N–H and O–H groups in total. The van der Waals surface area contributed by atoms with Crippen LogP contribution in [0.2, 0.25) is 0 Å². The van der Waals surface area contributed by atoms with Gasteiger partial charge in [0.05, 0.1) is 5.71 Å². The van der Waals surface area contributed by atoms with Gasteiger partial charge in [-0.05, 0) is 23.3 Å². The van der Waals surface area contributed by atoms with E-state index in [9.17, 15) is 0 Å². The van der Waals surface area contributed by atoms with Gasteiger partial charge in [0.1, 0.15) is 0 Å². The highest BCUT2D eigenvalue weighted by Gasteiger charge is 2.05. The third-order valence-corrected chi connectivity index (χ3v) is 3.04. The number of halogens is 1. The van der Waals surface area contributed by atoms with Crippen LogP contribution in [0.5, 0.6) is 0 Å². The maximum absolute atomic E-state index is 9.07. The highest BCUT2D eigenvalue weighted by atomic mass is 79.9. The zero-order valence-electron chi connectivity index (χ0n) is 9.18. The second kappa shape index (κ2) is 5.64. The molecule has 0 aromatic heterocycles. The summed E-state index contributed by atoms with van der Waals surface area (Å²) < 4.78 is 1.04. The lowest BCUT2D eigenvalue weighted by Gasteiger charge is -2.05. The molecule has 86 valence electrons. The Kier molecular flexibility index (Phi) is 3.94. The molecule has 0 fully saturated rings. The Hall–Kier alpha value is -1.61. The Morgan fingerprint density at radius 3 is 2.24 bits per heavy atom. The predicted octanol–water partition coefficient (Wildman–Crippen LogP) is 3.87.